The molecule has 0 saturated carbocycles. The summed E-state index contributed by atoms with van der Waals surface area (Å²) < 4.78 is 16.7. The van der Waals surface area contributed by atoms with Gasteiger partial charge >= 0.3 is 0 Å². The maximum absolute atomic E-state index is 5.70. The maximum Gasteiger partial charge on any atom is 0.132 e. The lowest BCUT2D eigenvalue weighted by atomic mass is 10.1. The largest absolute Gasteiger partial charge is 0.496 e. The SMILES string of the molecule is COc1cc(SC)c(OC)cc1CN(C)C[C@@H]1CCCO1. The quantitative estimate of drug-likeness (QED) is 0.722. The van der Waals surface area contributed by atoms with Crippen LogP contribution in [-0.2, 0) is 11.3 Å². The first-order valence-electron chi connectivity index (χ1n) is 7.27. The van der Waals surface area contributed by atoms with Crippen LogP contribution in [0.3, 0.4) is 0 Å². The Balaban J connectivity index is 2.09. The summed E-state index contributed by atoms with van der Waals surface area (Å²) in [7, 11) is 5.55. The highest BCUT2D eigenvalue weighted by atomic mass is 32.2. The van der Waals surface area contributed by atoms with Crippen molar-refractivity contribution in [3.8, 4) is 11.5 Å². The summed E-state index contributed by atoms with van der Waals surface area (Å²) >= 11 is 1.66. The topological polar surface area (TPSA) is 30.9 Å². The molecule has 1 aromatic carbocycles. The second kappa shape index (κ2) is 7.92. The van der Waals surface area contributed by atoms with Gasteiger partial charge in [0.05, 0.1) is 25.2 Å². The third-order valence-electron chi connectivity index (χ3n) is 3.77. The molecule has 4 nitrogen and oxygen atoms in total. The first-order chi connectivity index (χ1) is 10.2. The molecule has 1 saturated heterocycles. The smallest absolute Gasteiger partial charge is 0.132 e. The van der Waals surface area contributed by atoms with Crippen molar-refractivity contribution in [2.75, 3.05) is 40.7 Å². The molecule has 0 radical (unpaired) electrons. The molecule has 0 aliphatic carbocycles. The van der Waals surface area contributed by atoms with Crippen LogP contribution in [0, 0.1) is 0 Å². The standard InChI is InChI=1S/C16H25NO3S/c1-17(11-13-6-5-7-20-13)10-12-8-15(19-3)16(21-4)9-14(12)18-2/h8-9,13H,5-7,10-11H2,1-4H3/t13-/m0/s1. The molecule has 118 valence electrons. The van der Waals surface area contributed by atoms with E-state index in [0.717, 1.165) is 48.1 Å². The molecule has 5 heteroatoms. The van der Waals surface area contributed by atoms with Crippen LogP contribution in [0.2, 0.25) is 0 Å². The van der Waals surface area contributed by atoms with E-state index >= 15 is 0 Å². The predicted octanol–water partition coefficient (Wildman–Crippen LogP) is 3.04. The monoisotopic (exact) mass is 311 g/mol. The van der Waals surface area contributed by atoms with Gasteiger partial charge in [0.2, 0.25) is 0 Å². The summed E-state index contributed by atoms with van der Waals surface area (Å²) in [4.78, 5) is 3.38. The third-order valence-corrected chi connectivity index (χ3v) is 4.53. The van der Waals surface area contributed by atoms with E-state index in [-0.39, 0.29) is 0 Å². The highest BCUT2D eigenvalue weighted by Crippen LogP contribution is 2.35. The second-order valence-corrected chi connectivity index (χ2v) is 6.20. The summed E-state index contributed by atoms with van der Waals surface area (Å²) in [6.07, 6.45) is 4.75. The van der Waals surface area contributed by atoms with Crippen LogP contribution in [-0.4, -0.2) is 51.7 Å². The summed E-state index contributed by atoms with van der Waals surface area (Å²) in [6.45, 7) is 2.68. The lowest BCUT2D eigenvalue weighted by molar-refractivity contribution is 0.0791. The molecule has 1 heterocycles. The van der Waals surface area contributed by atoms with E-state index in [2.05, 4.69) is 24.1 Å². The summed E-state index contributed by atoms with van der Waals surface area (Å²) in [5.74, 6) is 1.82. The van der Waals surface area contributed by atoms with Crippen LogP contribution >= 0.6 is 11.8 Å². The minimum Gasteiger partial charge on any atom is -0.496 e. The lowest BCUT2D eigenvalue weighted by Crippen LogP contribution is -2.28. The Morgan fingerprint density at radius 3 is 2.62 bits per heavy atom. The van der Waals surface area contributed by atoms with Crippen LogP contribution in [0.5, 0.6) is 11.5 Å². The first-order valence-corrected chi connectivity index (χ1v) is 8.49. The van der Waals surface area contributed by atoms with E-state index in [0.29, 0.717) is 6.10 Å². The van der Waals surface area contributed by atoms with Crippen molar-refractivity contribution in [1.29, 1.82) is 0 Å². The number of likely N-dealkylation sites (N-methyl/N-ethyl adjacent to an activating group) is 1. The van der Waals surface area contributed by atoms with Crippen LogP contribution in [0.15, 0.2) is 17.0 Å². The Hall–Kier alpha value is -0.910. The summed E-state index contributed by atoms with van der Waals surface area (Å²) in [5, 5.41) is 0. The van der Waals surface area contributed by atoms with Crippen molar-refractivity contribution in [3.63, 3.8) is 0 Å². The van der Waals surface area contributed by atoms with Gasteiger partial charge < -0.3 is 14.2 Å². The Labute approximate surface area is 131 Å². The van der Waals surface area contributed by atoms with E-state index in [4.69, 9.17) is 14.2 Å². The fourth-order valence-corrected chi connectivity index (χ4v) is 3.28. The molecule has 0 N–H and O–H groups in total. The number of nitrogens with zero attached hydrogens (tertiary/aromatic N) is 1. The molecule has 0 spiro atoms. The minimum absolute atomic E-state index is 0.369. The van der Waals surface area contributed by atoms with Gasteiger partial charge in [-0.05, 0) is 38.3 Å². The summed E-state index contributed by atoms with van der Waals surface area (Å²) in [5.41, 5.74) is 1.15. The molecule has 1 aliphatic rings. The van der Waals surface area contributed by atoms with Crippen molar-refractivity contribution in [2.45, 2.75) is 30.4 Å². The van der Waals surface area contributed by atoms with Crippen LogP contribution in [0.25, 0.3) is 0 Å². The third kappa shape index (κ3) is 4.28. The zero-order valence-electron chi connectivity index (χ0n) is 13.3. The van der Waals surface area contributed by atoms with E-state index in [9.17, 15) is 0 Å². The Kier molecular flexibility index (Phi) is 6.21. The summed E-state index contributed by atoms with van der Waals surface area (Å²) in [6, 6.07) is 4.13. The zero-order chi connectivity index (χ0) is 15.2. The first kappa shape index (κ1) is 16.5. The molecular formula is C16H25NO3S. The van der Waals surface area contributed by atoms with Crippen molar-refractivity contribution in [1.82, 2.24) is 4.90 Å². The van der Waals surface area contributed by atoms with Crippen LogP contribution in [0.4, 0.5) is 0 Å². The number of hydrogen-bond donors (Lipinski definition) is 0. The van der Waals surface area contributed by atoms with Crippen molar-refractivity contribution >= 4 is 11.8 Å². The van der Waals surface area contributed by atoms with Crippen molar-refractivity contribution in [3.05, 3.63) is 17.7 Å². The molecule has 1 atom stereocenters. The average Bonchev–Trinajstić information content (AvgIpc) is 2.99. The number of rotatable bonds is 7. The predicted molar refractivity (Wildman–Crippen MR) is 86.6 cm³/mol. The molecule has 21 heavy (non-hydrogen) atoms. The molecular weight excluding hydrogens is 286 g/mol. The van der Waals surface area contributed by atoms with Gasteiger partial charge in [0, 0.05) is 25.3 Å². The molecule has 2 rings (SSSR count). The Morgan fingerprint density at radius 2 is 2.05 bits per heavy atom. The maximum atomic E-state index is 5.70. The molecule has 0 bridgehead atoms. The van der Waals surface area contributed by atoms with Gasteiger partial charge in [0.25, 0.3) is 0 Å². The minimum atomic E-state index is 0.369. The van der Waals surface area contributed by atoms with Crippen molar-refractivity contribution in [2.24, 2.45) is 0 Å². The van der Waals surface area contributed by atoms with E-state index in [1.54, 1.807) is 26.0 Å². The second-order valence-electron chi connectivity index (χ2n) is 5.35. The van der Waals surface area contributed by atoms with Gasteiger partial charge in [-0.25, -0.2) is 0 Å². The number of methoxy groups -OCH3 is 2. The Bertz CT molecular complexity index is 461. The van der Waals surface area contributed by atoms with Gasteiger partial charge in [-0.15, -0.1) is 11.8 Å². The lowest BCUT2D eigenvalue weighted by Gasteiger charge is -2.22. The van der Waals surface area contributed by atoms with Gasteiger partial charge in [-0.1, -0.05) is 0 Å². The molecule has 0 unspecified atom stereocenters. The van der Waals surface area contributed by atoms with Gasteiger partial charge in [0.1, 0.15) is 11.5 Å². The van der Waals surface area contributed by atoms with Crippen LogP contribution in [0.1, 0.15) is 18.4 Å². The molecule has 0 aromatic heterocycles. The Morgan fingerprint density at radius 1 is 1.29 bits per heavy atom. The molecule has 1 aromatic rings. The number of thioether (sulfide) groups is 1. The normalized spacial score (nSPS) is 18.2. The van der Waals surface area contributed by atoms with E-state index in [1.165, 1.54) is 6.42 Å². The number of benzene rings is 1. The van der Waals surface area contributed by atoms with Crippen LogP contribution < -0.4 is 9.47 Å². The zero-order valence-corrected chi connectivity index (χ0v) is 14.2. The van der Waals surface area contributed by atoms with Gasteiger partial charge in [-0.3, -0.25) is 4.90 Å². The fourth-order valence-electron chi connectivity index (χ4n) is 2.71. The number of hydrogen-bond acceptors (Lipinski definition) is 5. The molecule has 0 amide bonds. The van der Waals surface area contributed by atoms with Crippen molar-refractivity contribution < 1.29 is 14.2 Å². The van der Waals surface area contributed by atoms with E-state index < -0.39 is 0 Å². The number of ether oxygens (including phenoxy) is 3. The molecule has 1 fully saturated rings. The average molecular weight is 311 g/mol. The highest BCUT2D eigenvalue weighted by molar-refractivity contribution is 7.98. The highest BCUT2D eigenvalue weighted by Gasteiger charge is 2.19. The van der Waals surface area contributed by atoms with Gasteiger partial charge in [0.15, 0.2) is 0 Å². The molecule has 1 aliphatic heterocycles. The van der Waals surface area contributed by atoms with E-state index in [1.807, 2.05) is 6.26 Å². The fraction of sp³-hybridized carbons (Fsp3) is 0.625. The van der Waals surface area contributed by atoms with Gasteiger partial charge in [-0.2, -0.15) is 0 Å².